The first kappa shape index (κ1) is 17.0. The Bertz CT molecular complexity index is 452. The zero-order chi connectivity index (χ0) is 13.9. The zero-order valence-corrected chi connectivity index (χ0v) is 13.1. The molecule has 1 aliphatic rings. The maximum atomic E-state index is 12.4. The van der Waals surface area contributed by atoms with Gasteiger partial charge in [-0.1, -0.05) is 19.8 Å². The molecule has 1 heterocycles. The lowest BCUT2D eigenvalue weighted by Crippen LogP contribution is -2.43. The standard InChI is InChI=1S/C14H24N4O.ClH/c1-3-12-11(9-18(2)17-12)8-16-13(19)14(10-15)6-4-5-7-14;/h9H,3-8,10,15H2,1-2H3,(H,16,19);1H. The van der Waals surface area contributed by atoms with Crippen LogP contribution in [0.2, 0.25) is 0 Å². The highest BCUT2D eigenvalue weighted by atomic mass is 35.5. The monoisotopic (exact) mass is 300 g/mol. The van der Waals surface area contributed by atoms with Gasteiger partial charge in [-0.05, 0) is 19.3 Å². The average molecular weight is 301 g/mol. The van der Waals surface area contributed by atoms with Crippen molar-refractivity contribution in [2.45, 2.75) is 45.6 Å². The molecule has 0 aliphatic heterocycles. The number of nitrogens with two attached hydrogens (primary N) is 1. The lowest BCUT2D eigenvalue weighted by molar-refractivity contribution is -0.130. The van der Waals surface area contributed by atoms with Crippen molar-refractivity contribution in [3.63, 3.8) is 0 Å². The first-order valence-corrected chi connectivity index (χ1v) is 7.11. The summed E-state index contributed by atoms with van der Waals surface area (Å²) < 4.78 is 1.80. The van der Waals surface area contributed by atoms with Crippen molar-refractivity contribution >= 4 is 18.3 Å². The third-order valence-corrected chi connectivity index (χ3v) is 4.20. The molecule has 5 nitrogen and oxygen atoms in total. The number of aromatic nitrogens is 2. The number of hydrogen-bond acceptors (Lipinski definition) is 3. The highest BCUT2D eigenvalue weighted by Crippen LogP contribution is 2.37. The molecule has 0 spiro atoms. The number of nitrogens with one attached hydrogen (secondary N) is 1. The largest absolute Gasteiger partial charge is 0.351 e. The van der Waals surface area contributed by atoms with E-state index in [1.165, 1.54) is 0 Å². The Kier molecular flexibility index (Phi) is 6.02. The number of halogens is 1. The van der Waals surface area contributed by atoms with E-state index in [1.54, 1.807) is 4.68 Å². The molecular weight excluding hydrogens is 276 g/mol. The second kappa shape index (κ2) is 7.09. The molecule has 0 radical (unpaired) electrons. The maximum Gasteiger partial charge on any atom is 0.227 e. The van der Waals surface area contributed by atoms with Crippen LogP contribution < -0.4 is 11.1 Å². The lowest BCUT2D eigenvalue weighted by atomic mass is 9.85. The fourth-order valence-corrected chi connectivity index (χ4v) is 2.97. The third-order valence-electron chi connectivity index (χ3n) is 4.20. The van der Waals surface area contributed by atoms with Crippen molar-refractivity contribution in [2.24, 2.45) is 18.2 Å². The minimum atomic E-state index is -0.325. The number of carbonyl (C=O) groups is 1. The van der Waals surface area contributed by atoms with E-state index in [1.807, 2.05) is 13.2 Å². The molecule has 0 aromatic carbocycles. The van der Waals surface area contributed by atoms with Crippen LogP contribution in [0.25, 0.3) is 0 Å². The highest BCUT2D eigenvalue weighted by Gasteiger charge is 2.39. The maximum absolute atomic E-state index is 12.4. The second-order valence-corrected chi connectivity index (χ2v) is 5.50. The molecular formula is C14H25ClN4O. The van der Waals surface area contributed by atoms with Gasteiger partial charge >= 0.3 is 0 Å². The summed E-state index contributed by atoms with van der Waals surface area (Å²) in [5.74, 6) is 0.110. The number of hydrogen-bond donors (Lipinski definition) is 2. The van der Waals surface area contributed by atoms with Crippen molar-refractivity contribution < 1.29 is 4.79 Å². The van der Waals surface area contributed by atoms with Gasteiger partial charge in [0.05, 0.1) is 11.1 Å². The van der Waals surface area contributed by atoms with Gasteiger partial charge in [0.2, 0.25) is 5.91 Å². The van der Waals surface area contributed by atoms with Gasteiger partial charge < -0.3 is 11.1 Å². The fourth-order valence-electron chi connectivity index (χ4n) is 2.97. The molecule has 0 saturated heterocycles. The van der Waals surface area contributed by atoms with Crippen LogP contribution in [-0.4, -0.2) is 22.2 Å². The van der Waals surface area contributed by atoms with E-state index >= 15 is 0 Å². The Hall–Kier alpha value is -1.07. The number of rotatable bonds is 5. The molecule has 1 aromatic rings. The second-order valence-electron chi connectivity index (χ2n) is 5.50. The summed E-state index contributed by atoms with van der Waals surface area (Å²) in [4.78, 5) is 12.4. The topological polar surface area (TPSA) is 72.9 Å². The number of carbonyl (C=O) groups excluding carboxylic acids is 1. The van der Waals surface area contributed by atoms with E-state index in [-0.39, 0.29) is 23.7 Å². The summed E-state index contributed by atoms with van der Waals surface area (Å²) in [6.07, 6.45) is 6.92. The zero-order valence-electron chi connectivity index (χ0n) is 12.3. The summed E-state index contributed by atoms with van der Waals surface area (Å²) in [5.41, 5.74) is 7.65. The van der Waals surface area contributed by atoms with E-state index in [2.05, 4.69) is 17.3 Å². The van der Waals surface area contributed by atoms with Crippen LogP contribution >= 0.6 is 12.4 Å². The number of amides is 1. The van der Waals surface area contributed by atoms with Gasteiger partial charge in [-0.2, -0.15) is 5.10 Å². The summed E-state index contributed by atoms with van der Waals surface area (Å²) in [5, 5.41) is 7.43. The quantitative estimate of drug-likeness (QED) is 0.866. The Labute approximate surface area is 126 Å². The molecule has 1 saturated carbocycles. The molecule has 1 fully saturated rings. The molecule has 2 rings (SSSR count). The molecule has 0 atom stereocenters. The van der Waals surface area contributed by atoms with Crippen LogP contribution in [0.3, 0.4) is 0 Å². The van der Waals surface area contributed by atoms with E-state index in [0.29, 0.717) is 13.1 Å². The first-order valence-electron chi connectivity index (χ1n) is 7.11. The molecule has 1 aliphatic carbocycles. The smallest absolute Gasteiger partial charge is 0.227 e. The molecule has 20 heavy (non-hydrogen) atoms. The van der Waals surface area contributed by atoms with Crippen molar-refractivity contribution in [2.75, 3.05) is 6.54 Å². The molecule has 114 valence electrons. The summed E-state index contributed by atoms with van der Waals surface area (Å²) >= 11 is 0. The first-order chi connectivity index (χ1) is 9.11. The van der Waals surface area contributed by atoms with Crippen LogP contribution in [0.15, 0.2) is 6.20 Å². The fraction of sp³-hybridized carbons (Fsp3) is 0.714. The van der Waals surface area contributed by atoms with Crippen molar-refractivity contribution in [3.8, 4) is 0 Å². The Balaban J connectivity index is 0.00000200. The van der Waals surface area contributed by atoms with Crippen LogP contribution in [-0.2, 0) is 24.8 Å². The molecule has 1 amide bonds. The minimum absolute atomic E-state index is 0. The van der Waals surface area contributed by atoms with Crippen LogP contribution in [0, 0.1) is 5.41 Å². The van der Waals surface area contributed by atoms with Crippen LogP contribution in [0.1, 0.15) is 43.9 Å². The number of nitrogens with zero attached hydrogens (tertiary/aromatic N) is 2. The molecule has 3 N–H and O–H groups in total. The third kappa shape index (κ3) is 3.33. The molecule has 6 heteroatoms. The van der Waals surface area contributed by atoms with Crippen LogP contribution in [0.4, 0.5) is 0 Å². The highest BCUT2D eigenvalue weighted by molar-refractivity contribution is 5.85. The lowest BCUT2D eigenvalue weighted by Gasteiger charge is -2.25. The van der Waals surface area contributed by atoms with Crippen molar-refractivity contribution in [1.29, 1.82) is 0 Å². The minimum Gasteiger partial charge on any atom is -0.351 e. The normalized spacial score (nSPS) is 16.8. The van der Waals surface area contributed by atoms with E-state index in [0.717, 1.165) is 43.4 Å². The molecule has 0 bridgehead atoms. The predicted molar refractivity (Wildman–Crippen MR) is 81.6 cm³/mol. The van der Waals surface area contributed by atoms with Gasteiger partial charge in [-0.15, -0.1) is 12.4 Å². The molecule has 1 aromatic heterocycles. The van der Waals surface area contributed by atoms with Crippen LogP contribution in [0.5, 0.6) is 0 Å². The van der Waals surface area contributed by atoms with E-state index in [9.17, 15) is 4.79 Å². The van der Waals surface area contributed by atoms with Gasteiger partial charge in [-0.3, -0.25) is 9.48 Å². The van der Waals surface area contributed by atoms with E-state index in [4.69, 9.17) is 5.73 Å². The average Bonchev–Trinajstić information content (AvgIpc) is 3.02. The van der Waals surface area contributed by atoms with Gasteiger partial charge in [0.25, 0.3) is 0 Å². The summed E-state index contributed by atoms with van der Waals surface area (Å²) in [6, 6.07) is 0. The van der Waals surface area contributed by atoms with E-state index < -0.39 is 0 Å². The van der Waals surface area contributed by atoms with Gasteiger partial charge in [0.15, 0.2) is 0 Å². The Morgan fingerprint density at radius 2 is 2.15 bits per heavy atom. The summed E-state index contributed by atoms with van der Waals surface area (Å²) in [6.45, 7) is 3.08. The van der Waals surface area contributed by atoms with Gasteiger partial charge in [-0.25, -0.2) is 0 Å². The van der Waals surface area contributed by atoms with Gasteiger partial charge in [0.1, 0.15) is 0 Å². The Morgan fingerprint density at radius 3 is 2.70 bits per heavy atom. The SMILES string of the molecule is CCc1nn(C)cc1CNC(=O)C1(CN)CCCC1.Cl. The van der Waals surface area contributed by atoms with Crippen molar-refractivity contribution in [1.82, 2.24) is 15.1 Å². The van der Waals surface area contributed by atoms with Gasteiger partial charge in [0, 0.05) is 31.9 Å². The number of aryl methyl sites for hydroxylation is 2. The molecule has 0 unspecified atom stereocenters. The Morgan fingerprint density at radius 1 is 1.50 bits per heavy atom. The summed E-state index contributed by atoms with van der Waals surface area (Å²) in [7, 11) is 1.91. The predicted octanol–water partition coefficient (Wildman–Crippen LogP) is 1.54. The van der Waals surface area contributed by atoms with Crippen molar-refractivity contribution in [3.05, 3.63) is 17.5 Å².